The third kappa shape index (κ3) is 5.19. The average molecular weight is 280 g/mol. The Morgan fingerprint density at radius 1 is 1.30 bits per heavy atom. The van der Waals surface area contributed by atoms with Gasteiger partial charge in [-0.05, 0) is 37.5 Å². The van der Waals surface area contributed by atoms with Crippen molar-refractivity contribution < 1.29 is 14.3 Å². The zero-order chi connectivity index (χ0) is 15.0. The lowest BCUT2D eigenvalue weighted by Gasteiger charge is -2.18. The molecule has 5 heteroatoms. The first-order valence-electron chi connectivity index (χ1n) is 6.77. The molecular weight excluding hydrogens is 256 g/mol. The lowest BCUT2D eigenvalue weighted by Crippen LogP contribution is -2.41. The molecule has 3 N–H and O–H groups in total. The van der Waals surface area contributed by atoms with Crippen molar-refractivity contribution in [1.29, 1.82) is 0 Å². The van der Waals surface area contributed by atoms with Crippen LogP contribution in [-0.2, 0) is 9.53 Å². The molecule has 0 aliphatic heterocycles. The second-order valence-corrected chi connectivity index (χ2v) is 4.74. The highest BCUT2D eigenvalue weighted by Gasteiger charge is 2.16. The zero-order valence-electron chi connectivity index (χ0n) is 12.4. The first-order valence-corrected chi connectivity index (χ1v) is 6.77. The smallest absolute Gasteiger partial charge is 0.237 e. The lowest BCUT2D eigenvalue weighted by molar-refractivity contribution is -0.123. The van der Waals surface area contributed by atoms with Crippen LogP contribution in [0.15, 0.2) is 24.3 Å². The van der Waals surface area contributed by atoms with Crippen molar-refractivity contribution >= 4 is 5.91 Å². The molecule has 0 aromatic heterocycles. The van der Waals surface area contributed by atoms with Gasteiger partial charge in [0.25, 0.3) is 0 Å². The van der Waals surface area contributed by atoms with Crippen LogP contribution >= 0.6 is 0 Å². The van der Waals surface area contributed by atoms with Crippen molar-refractivity contribution in [3.63, 3.8) is 0 Å². The van der Waals surface area contributed by atoms with Gasteiger partial charge >= 0.3 is 0 Å². The largest absolute Gasteiger partial charge is 0.497 e. The molecule has 0 aliphatic carbocycles. The van der Waals surface area contributed by atoms with Gasteiger partial charge in [0.1, 0.15) is 5.75 Å². The van der Waals surface area contributed by atoms with Gasteiger partial charge in [0.15, 0.2) is 0 Å². The number of nitrogens with one attached hydrogen (secondary N) is 1. The van der Waals surface area contributed by atoms with E-state index in [-0.39, 0.29) is 11.9 Å². The normalized spacial score (nSPS) is 13.6. The lowest BCUT2D eigenvalue weighted by atomic mass is 10.1. The van der Waals surface area contributed by atoms with Gasteiger partial charge in [-0.15, -0.1) is 0 Å². The number of benzene rings is 1. The van der Waals surface area contributed by atoms with Crippen molar-refractivity contribution in [2.45, 2.75) is 31.8 Å². The van der Waals surface area contributed by atoms with Crippen molar-refractivity contribution in [2.75, 3.05) is 20.8 Å². The van der Waals surface area contributed by atoms with E-state index in [2.05, 4.69) is 5.32 Å². The molecule has 0 bridgehead atoms. The molecule has 0 fully saturated rings. The van der Waals surface area contributed by atoms with Crippen LogP contribution in [0.3, 0.4) is 0 Å². The van der Waals surface area contributed by atoms with Crippen LogP contribution in [0.5, 0.6) is 5.75 Å². The third-order valence-corrected chi connectivity index (χ3v) is 3.17. The molecule has 2 atom stereocenters. The van der Waals surface area contributed by atoms with Gasteiger partial charge in [0.05, 0.1) is 19.2 Å². The van der Waals surface area contributed by atoms with Gasteiger partial charge < -0.3 is 20.5 Å². The Kier molecular flexibility index (Phi) is 7.04. The maximum atomic E-state index is 11.9. The molecule has 5 nitrogen and oxygen atoms in total. The monoisotopic (exact) mass is 280 g/mol. The number of hydrogen-bond acceptors (Lipinski definition) is 4. The first-order chi connectivity index (χ1) is 9.58. The molecule has 20 heavy (non-hydrogen) atoms. The van der Waals surface area contributed by atoms with Gasteiger partial charge in [-0.1, -0.05) is 12.1 Å². The minimum absolute atomic E-state index is 0.0816. The summed E-state index contributed by atoms with van der Waals surface area (Å²) in [5.74, 6) is 0.660. The van der Waals surface area contributed by atoms with E-state index >= 15 is 0 Å². The highest BCUT2D eigenvalue weighted by Crippen LogP contribution is 2.17. The Morgan fingerprint density at radius 2 is 1.95 bits per heavy atom. The highest BCUT2D eigenvalue weighted by atomic mass is 16.5. The number of rotatable bonds is 8. The third-order valence-electron chi connectivity index (χ3n) is 3.17. The topological polar surface area (TPSA) is 73.6 Å². The average Bonchev–Trinajstić information content (AvgIpc) is 2.47. The Labute approximate surface area is 120 Å². The maximum absolute atomic E-state index is 11.9. The maximum Gasteiger partial charge on any atom is 0.237 e. The number of hydrogen-bond donors (Lipinski definition) is 2. The summed E-state index contributed by atoms with van der Waals surface area (Å²) in [6.45, 7) is 2.55. The highest BCUT2D eigenvalue weighted by molar-refractivity contribution is 5.81. The summed E-state index contributed by atoms with van der Waals surface area (Å²) in [4.78, 5) is 11.9. The van der Waals surface area contributed by atoms with Crippen LogP contribution in [0, 0.1) is 0 Å². The molecule has 2 unspecified atom stereocenters. The molecular formula is C15H24N2O3. The summed E-state index contributed by atoms with van der Waals surface area (Å²) in [5, 5.41) is 2.91. The second kappa shape index (κ2) is 8.55. The van der Waals surface area contributed by atoms with Gasteiger partial charge in [-0.25, -0.2) is 0 Å². The molecule has 0 saturated carbocycles. The fourth-order valence-corrected chi connectivity index (χ4v) is 1.88. The minimum atomic E-state index is -0.495. The van der Waals surface area contributed by atoms with E-state index in [0.29, 0.717) is 13.0 Å². The van der Waals surface area contributed by atoms with Crippen LogP contribution < -0.4 is 15.8 Å². The number of amides is 1. The molecule has 112 valence electrons. The van der Waals surface area contributed by atoms with Crippen LogP contribution in [-0.4, -0.2) is 32.8 Å². The van der Waals surface area contributed by atoms with Crippen molar-refractivity contribution in [2.24, 2.45) is 5.73 Å². The zero-order valence-corrected chi connectivity index (χ0v) is 12.4. The van der Waals surface area contributed by atoms with Crippen LogP contribution in [0.4, 0.5) is 0 Å². The number of carbonyl (C=O) groups excluding carboxylic acids is 1. The summed E-state index contributed by atoms with van der Waals surface area (Å²) in [6.07, 6.45) is 1.40. The molecule has 1 amide bonds. The van der Waals surface area contributed by atoms with Crippen LogP contribution in [0.25, 0.3) is 0 Å². The predicted molar refractivity (Wildman–Crippen MR) is 78.6 cm³/mol. The minimum Gasteiger partial charge on any atom is -0.497 e. The van der Waals surface area contributed by atoms with Crippen LogP contribution in [0.2, 0.25) is 0 Å². The fraction of sp³-hybridized carbons (Fsp3) is 0.533. The summed E-state index contributed by atoms with van der Waals surface area (Å²) in [7, 11) is 3.26. The molecule has 0 spiro atoms. The van der Waals surface area contributed by atoms with E-state index in [4.69, 9.17) is 15.2 Å². The Morgan fingerprint density at radius 3 is 2.50 bits per heavy atom. The number of carbonyl (C=O) groups is 1. The summed E-state index contributed by atoms with van der Waals surface area (Å²) in [6, 6.07) is 7.03. The van der Waals surface area contributed by atoms with Gasteiger partial charge in [0.2, 0.25) is 5.91 Å². The van der Waals surface area contributed by atoms with Gasteiger partial charge in [-0.3, -0.25) is 4.79 Å². The second-order valence-electron chi connectivity index (χ2n) is 4.74. The predicted octanol–water partition coefficient (Wildman–Crippen LogP) is 1.63. The first kappa shape index (κ1) is 16.5. The van der Waals surface area contributed by atoms with E-state index in [1.807, 2.05) is 31.2 Å². The molecule has 1 aromatic carbocycles. The Balaban J connectivity index is 2.47. The summed E-state index contributed by atoms with van der Waals surface area (Å²) < 4.78 is 10.0. The Hall–Kier alpha value is -1.59. The van der Waals surface area contributed by atoms with Gasteiger partial charge in [-0.2, -0.15) is 0 Å². The van der Waals surface area contributed by atoms with E-state index in [0.717, 1.165) is 17.7 Å². The molecule has 0 aliphatic rings. The van der Waals surface area contributed by atoms with E-state index in [1.165, 1.54) is 0 Å². The van der Waals surface area contributed by atoms with Crippen LogP contribution in [0.1, 0.15) is 31.4 Å². The van der Waals surface area contributed by atoms with E-state index in [9.17, 15) is 4.79 Å². The van der Waals surface area contributed by atoms with Crippen molar-refractivity contribution in [3.8, 4) is 5.75 Å². The number of nitrogens with two attached hydrogens (primary N) is 1. The summed E-state index contributed by atoms with van der Waals surface area (Å²) in [5.41, 5.74) is 6.86. The van der Waals surface area contributed by atoms with Crippen molar-refractivity contribution in [1.82, 2.24) is 5.32 Å². The van der Waals surface area contributed by atoms with E-state index in [1.54, 1.807) is 14.2 Å². The number of methoxy groups -OCH3 is 2. The van der Waals surface area contributed by atoms with E-state index < -0.39 is 6.04 Å². The van der Waals surface area contributed by atoms with Crippen molar-refractivity contribution in [3.05, 3.63) is 29.8 Å². The molecule has 0 saturated heterocycles. The number of ether oxygens (including phenoxy) is 2. The Bertz CT molecular complexity index is 406. The fourth-order valence-electron chi connectivity index (χ4n) is 1.88. The molecule has 1 rings (SSSR count). The quantitative estimate of drug-likeness (QED) is 0.710. The standard InChI is InChI=1S/C15H24N2O3/c1-11(12-6-8-13(20-3)9-7-12)17-15(18)14(16)5-4-10-19-2/h6-9,11,14H,4-5,10,16H2,1-3H3,(H,17,18). The summed E-state index contributed by atoms with van der Waals surface area (Å²) >= 11 is 0. The molecule has 1 aromatic rings. The van der Waals surface area contributed by atoms with Gasteiger partial charge in [0, 0.05) is 13.7 Å². The SMILES string of the molecule is COCCCC(N)C(=O)NC(C)c1ccc(OC)cc1. The molecule has 0 radical (unpaired) electrons. The molecule has 0 heterocycles.